The molecule has 11 nitrogen and oxygen atoms in total. The van der Waals surface area contributed by atoms with Crippen LogP contribution in [0.25, 0.3) is 0 Å². The molecular weight excluding hydrogens is 530 g/mol. The van der Waals surface area contributed by atoms with Crippen LogP contribution in [0.15, 0.2) is 47.4 Å². The summed E-state index contributed by atoms with van der Waals surface area (Å²) in [5.74, 6) is -1.29. The third kappa shape index (κ3) is 6.92. The number of aliphatic hydroxyl groups excluding tert-OH is 1. The quantitative estimate of drug-likeness (QED) is 0.213. The van der Waals surface area contributed by atoms with E-state index in [1.54, 1.807) is 32.0 Å². The van der Waals surface area contributed by atoms with Gasteiger partial charge in [-0.05, 0) is 32.0 Å². The topological polar surface area (TPSA) is 149 Å². The molecule has 204 valence electrons. The van der Waals surface area contributed by atoms with Crippen LogP contribution in [-0.2, 0) is 23.4 Å². The average molecular weight is 561 g/mol. The summed E-state index contributed by atoms with van der Waals surface area (Å²) < 4.78 is 50.6. The largest absolute Gasteiger partial charge is 0.463 e. The predicted molar refractivity (Wildman–Crippen MR) is 133 cm³/mol. The van der Waals surface area contributed by atoms with E-state index in [0.717, 1.165) is 4.57 Å². The minimum atomic E-state index is -4.09. The van der Waals surface area contributed by atoms with Gasteiger partial charge in [0.05, 0.1) is 24.8 Å². The van der Waals surface area contributed by atoms with Crippen molar-refractivity contribution < 1.29 is 42.5 Å². The Labute approximate surface area is 217 Å². The molecule has 1 saturated heterocycles. The van der Waals surface area contributed by atoms with Gasteiger partial charge in [-0.25, -0.2) is 13.8 Å². The Morgan fingerprint density at radius 2 is 1.97 bits per heavy atom. The molecule has 3 rings (SSSR count). The van der Waals surface area contributed by atoms with Crippen molar-refractivity contribution in [3.63, 3.8) is 0 Å². The van der Waals surface area contributed by atoms with Crippen LogP contribution in [0.3, 0.4) is 0 Å². The summed E-state index contributed by atoms with van der Waals surface area (Å²) in [7, 11) is -4.09. The number of halogens is 1. The lowest BCUT2D eigenvalue weighted by atomic mass is 9.95. The molecule has 0 saturated carbocycles. The predicted octanol–water partition coefficient (Wildman–Crippen LogP) is 2.74. The molecule has 2 heterocycles. The highest BCUT2D eigenvalue weighted by Gasteiger charge is 2.57. The maximum Gasteiger partial charge on any atom is 0.380 e. The van der Waals surface area contributed by atoms with E-state index in [4.69, 9.17) is 30.7 Å². The van der Waals surface area contributed by atoms with Crippen molar-refractivity contribution in [3.8, 4) is 5.75 Å². The summed E-state index contributed by atoms with van der Waals surface area (Å²) in [6.45, 7) is 2.77. The number of hydrogen-bond acceptors (Lipinski definition) is 10. The highest BCUT2D eigenvalue weighted by molar-refractivity contribution is 7.71. The van der Waals surface area contributed by atoms with Crippen molar-refractivity contribution in [3.05, 3.63) is 57.7 Å². The van der Waals surface area contributed by atoms with E-state index in [9.17, 15) is 28.8 Å². The fraction of sp³-hybridized carbons (Fsp3) is 0.522. The third-order valence-electron chi connectivity index (χ3n) is 5.59. The van der Waals surface area contributed by atoms with Crippen molar-refractivity contribution in [1.82, 2.24) is 9.55 Å². The smallest absolute Gasteiger partial charge is 0.380 e. The van der Waals surface area contributed by atoms with Gasteiger partial charge in [-0.15, -0.1) is 0 Å². The molecule has 0 bridgehead atoms. The van der Waals surface area contributed by atoms with Crippen LogP contribution >= 0.6 is 19.8 Å². The summed E-state index contributed by atoms with van der Waals surface area (Å²) in [6.07, 6.45) is -4.50. The van der Waals surface area contributed by atoms with Gasteiger partial charge in [-0.3, -0.25) is 18.9 Å². The molecule has 1 fully saturated rings. The molecule has 0 spiro atoms. The second-order valence-electron chi connectivity index (χ2n) is 8.99. The van der Waals surface area contributed by atoms with Crippen molar-refractivity contribution >= 4 is 25.8 Å². The number of esters is 1. The van der Waals surface area contributed by atoms with E-state index in [1.807, 2.05) is 0 Å². The normalized spacial score (nSPS) is 26.0. The summed E-state index contributed by atoms with van der Waals surface area (Å²) in [5.41, 5.74) is -3.32. The fourth-order valence-electron chi connectivity index (χ4n) is 3.72. The summed E-state index contributed by atoms with van der Waals surface area (Å²) in [4.78, 5) is 27.0. The van der Waals surface area contributed by atoms with Crippen LogP contribution in [-0.4, -0.2) is 69.1 Å². The monoisotopic (exact) mass is 560 g/mol. The van der Waals surface area contributed by atoms with Crippen molar-refractivity contribution in [2.45, 2.75) is 50.9 Å². The van der Waals surface area contributed by atoms with Crippen LogP contribution in [0.4, 0.5) is 4.39 Å². The van der Waals surface area contributed by atoms with Crippen molar-refractivity contribution in [2.24, 2.45) is 5.92 Å². The number of aromatic amines is 1. The molecule has 1 aromatic carbocycles. The molecule has 14 heteroatoms. The minimum Gasteiger partial charge on any atom is -0.463 e. The standard InChI is InChI=1S/C23H30FN2O9PS/c1-14(2)33-20(28)15(3)12-36(31,35-16-7-5-4-6-8-16)32-11-17-19(27)23(30,13-24)21(34-17)26-10-9-18(37)25-22(26)29/h4-10,14-15,17,19,21,27,30H,11-13H2,1-3H3,(H,25,29,37)/t15-,17-,19+,21?,23+,36?/m1/s1. The number of rotatable bonds is 11. The molecular formula is C23H30FN2O9PS. The lowest BCUT2D eigenvalue weighted by Crippen LogP contribution is -2.50. The Hall–Kier alpha value is -2.41. The van der Waals surface area contributed by atoms with Gasteiger partial charge in [0.15, 0.2) is 11.8 Å². The molecule has 2 unspecified atom stereocenters. The number of alkyl halides is 1. The number of nitrogens with one attached hydrogen (secondary N) is 1. The minimum absolute atomic E-state index is 0.104. The fourth-order valence-corrected chi connectivity index (χ4v) is 5.74. The van der Waals surface area contributed by atoms with Crippen LogP contribution in [0.2, 0.25) is 0 Å². The van der Waals surface area contributed by atoms with Gasteiger partial charge in [-0.1, -0.05) is 37.3 Å². The number of benzene rings is 1. The van der Waals surface area contributed by atoms with Crippen molar-refractivity contribution in [1.29, 1.82) is 0 Å². The molecule has 1 aliphatic rings. The Bertz CT molecular complexity index is 1240. The molecule has 1 aliphatic heterocycles. The lowest BCUT2D eigenvalue weighted by Gasteiger charge is -2.28. The van der Waals surface area contributed by atoms with E-state index >= 15 is 0 Å². The number of H-pyrrole nitrogens is 1. The van der Waals surface area contributed by atoms with Crippen molar-refractivity contribution in [2.75, 3.05) is 19.4 Å². The molecule has 6 atom stereocenters. The Morgan fingerprint density at radius 3 is 2.57 bits per heavy atom. The Kier molecular flexibility index (Phi) is 9.43. The first-order valence-corrected chi connectivity index (χ1v) is 13.6. The zero-order chi connectivity index (χ0) is 27.4. The summed E-state index contributed by atoms with van der Waals surface area (Å²) in [6, 6.07) is 9.42. The van der Waals surface area contributed by atoms with E-state index in [0.29, 0.717) is 0 Å². The third-order valence-corrected chi connectivity index (χ3v) is 7.85. The Morgan fingerprint density at radius 1 is 1.30 bits per heavy atom. The summed E-state index contributed by atoms with van der Waals surface area (Å²) >= 11 is 4.88. The van der Waals surface area contributed by atoms with Gasteiger partial charge >= 0.3 is 19.3 Å². The SMILES string of the molecule is CC(C)OC(=O)[C@H](C)CP(=O)(OC[C@H]1OC(n2ccc(=S)[nH]c2=O)[C@](O)(CF)[C@H]1O)Oc1ccccc1. The number of ether oxygens (including phenoxy) is 2. The summed E-state index contributed by atoms with van der Waals surface area (Å²) in [5, 5.41) is 21.5. The maximum absolute atomic E-state index is 14.0. The van der Waals surface area contributed by atoms with Gasteiger partial charge < -0.3 is 24.2 Å². The number of para-hydroxylation sites is 1. The first-order valence-electron chi connectivity index (χ1n) is 11.5. The number of hydrogen-bond donors (Lipinski definition) is 3. The number of aliphatic hydroxyl groups is 2. The average Bonchev–Trinajstić information content (AvgIpc) is 3.08. The second kappa shape index (κ2) is 12.0. The highest BCUT2D eigenvalue weighted by atomic mass is 32.1. The van der Waals surface area contributed by atoms with Crippen LogP contribution in [0.5, 0.6) is 5.75 Å². The highest BCUT2D eigenvalue weighted by Crippen LogP contribution is 2.51. The van der Waals surface area contributed by atoms with Gasteiger partial charge in [0, 0.05) is 6.20 Å². The van der Waals surface area contributed by atoms with Gasteiger partial charge in [-0.2, -0.15) is 0 Å². The van der Waals surface area contributed by atoms with Gasteiger partial charge in [0.2, 0.25) is 0 Å². The maximum atomic E-state index is 14.0. The second-order valence-corrected chi connectivity index (χ2v) is 11.5. The van der Waals surface area contributed by atoms with Crippen LogP contribution < -0.4 is 10.2 Å². The molecule has 0 aliphatic carbocycles. The molecule has 1 aromatic heterocycles. The lowest BCUT2D eigenvalue weighted by molar-refractivity contribution is -0.151. The molecule has 0 amide bonds. The van der Waals surface area contributed by atoms with E-state index in [1.165, 1.54) is 31.3 Å². The molecule has 2 aromatic rings. The molecule has 0 radical (unpaired) electrons. The number of aromatic nitrogens is 2. The molecule has 37 heavy (non-hydrogen) atoms. The number of carbonyl (C=O) groups is 1. The number of carbonyl (C=O) groups excluding carboxylic acids is 1. The zero-order valence-electron chi connectivity index (χ0n) is 20.5. The number of nitrogens with zero attached hydrogens (tertiary/aromatic N) is 1. The first kappa shape index (κ1) is 29.2. The van der Waals surface area contributed by atoms with Crippen LogP contribution in [0, 0.1) is 10.6 Å². The Balaban J connectivity index is 1.83. The van der Waals surface area contributed by atoms with E-state index in [-0.39, 0.29) is 16.6 Å². The van der Waals surface area contributed by atoms with Crippen LogP contribution in [0.1, 0.15) is 27.0 Å². The van der Waals surface area contributed by atoms with E-state index in [2.05, 4.69) is 4.98 Å². The van der Waals surface area contributed by atoms with Gasteiger partial charge in [0.25, 0.3) is 0 Å². The molecule has 3 N–H and O–H groups in total. The first-order chi connectivity index (χ1) is 17.4. The zero-order valence-corrected chi connectivity index (χ0v) is 22.2. The van der Waals surface area contributed by atoms with E-state index < -0.39 is 68.6 Å². The van der Waals surface area contributed by atoms with Gasteiger partial charge in [0.1, 0.15) is 29.3 Å².